The fourth-order valence-electron chi connectivity index (χ4n) is 3.37. The number of anilines is 1. The van der Waals surface area contributed by atoms with Crippen LogP contribution in [-0.4, -0.2) is 39.2 Å². The summed E-state index contributed by atoms with van der Waals surface area (Å²) in [5, 5.41) is 2.72. The monoisotopic (exact) mass is 550 g/mol. The molecule has 1 amide bonds. The highest BCUT2D eigenvalue weighted by Crippen LogP contribution is 2.24. The molecule has 184 valence electrons. The summed E-state index contributed by atoms with van der Waals surface area (Å²) in [7, 11) is -3.86. The molecular weight excluding hydrogens is 520 g/mol. The number of nitrogens with zero attached hydrogens (tertiary/aromatic N) is 1. The molecule has 2 rings (SSSR count). The first-order chi connectivity index (χ1) is 16.2. The van der Waals surface area contributed by atoms with E-state index in [1.165, 1.54) is 12.1 Å². The van der Waals surface area contributed by atoms with Crippen LogP contribution in [0.2, 0.25) is 0 Å². The molecule has 9 heteroatoms. The van der Waals surface area contributed by atoms with Crippen LogP contribution >= 0.6 is 15.9 Å². The van der Waals surface area contributed by atoms with Gasteiger partial charge in [0.15, 0.2) is 9.84 Å². The third-order valence-electron chi connectivity index (χ3n) is 4.97. The lowest BCUT2D eigenvalue weighted by Crippen LogP contribution is -2.37. The summed E-state index contributed by atoms with van der Waals surface area (Å²) in [4.78, 5) is 27.8. The van der Waals surface area contributed by atoms with Gasteiger partial charge in [0.05, 0.1) is 11.5 Å². The highest BCUT2D eigenvalue weighted by atomic mass is 79.9. The molecule has 0 unspecified atom stereocenters. The topological polar surface area (TPSA) is 92.8 Å². The quantitative estimate of drug-likeness (QED) is 0.300. The second-order valence-electron chi connectivity index (χ2n) is 7.49. The number of allylic oxidation sites excluding steroid dienone is 1. The predicted molar refractivity (Wildman–Crippen MR) is 137 cm³/mol. The first kappa shape index (κ1) is 27.6. The van der Waals surface area contributed by atoms with Gasteiger partial charge in [0.2, 0.25) is 5.91 Å². The van der Waals surface area contributed by atoms with Crippen molar-refractivity contribution in [3.05, 3.63) is 70.5 Å². The van der Waals surface area contributed by atoms with Crippen LogP contribution in [0.5, 0.6) is 0 Å². The van der Waals surface area contributed by atoms with E-state index in [4.69, 9.17) is 4.74 Å². The van der Waals surface area contributed by atoms with Gasteiger partial charge in [0, 0.05) is 22.4 Å². The van der Waals surface area contributed by atoms with Gasteiger partial charge >= 0.3 is 5.97 Å². The Hall–Kier alpha value is -2.65. The number of amides is 1. The number of likely N-dealkylation sites (N-methyl/N-ethyl adjacent to an activating group) is 1. The van der Waals surface area contributed by atoms with Crippen molar-refractivity contribution in [1.82, 2.24) is 5.32 Å². The number of nitrogens with one attached hydrogen (secondary N) is 1. The maximum atomic E-state index is 13.0. The maximum Gasteiger partial charge on any atom is 0.356 e. The van der Waals surface area contributed by atoms with Gasteiger partial charge in [-0.15, -0.1) is 0 Å². The smallest absolute Gasteiger partial charge is 0.356 e. The third-order valence-corrected chi connectivity index (χ3v) is 7.13. The zero-order valence-corrected chi connectivity index (χ0v) is 22.1. The molecule has 0 atom stereocenters. The van der Waals surface area contributed by atoms with Crippen molar-refractivity contribution in [2.24, 2.45) is 0 Å². The van der Waals surface area contributed by atoms with E-state index in [9.17, 15) is 18.0 Å². The number of rotatable bonds is 12. The Bertz CT molecular complexity index is 1100. The number of benzene rings is 2. The molecule has 0 radical (unpaired) electrons. The molecule has 0 fully saturated rings. The number of carbonyl (C=O) groups is 2. The van der Waals surface area contributed by atoms with Crippen molar-refractivity contribution in [1.29, 1.82) is 0 Å². The number of carbonyl (C=O) groups excluding carboxylic acids is 2. The molecule has 0 saturated heterocycles. The minimum Gasteiger partial charge on any atom is -0.461 e. The van der Waals surface area contributed by atoms with Crippen molar-refractivity contribution < 1.29 is 22.7 Å². The number of ether oxygens (including phenoxy) is 1. The summed E-state index contributed by atoms with van der Waals surface area (Å²) in [6.07, 6.45) is 1.91. The van der Waals surface area contributed by atoms with Crippen LogP contribution in [0.25, 0.3) is 0 Å². The molecule has 0 aliphatic heterocycles. The van der Waals surface area contributed by atoms with Crippen molar-refractivity contribution in [3.8, 4) is 0 Å². The van der Waals surface area contributed by atoms with Gasteiger partial charge in [-0.3, -0.25) is 4.79 Å². The number of esters is 1. The second-order valence-corrected chi connectivity index (χ2v) is 10.4. The number of unbranched alkanes of at least 4 members (excludes halogenated alkanes) is 1. The van der Waals surface area contributed by atoms with E-state index in [-0.39, 0.29) is 17.2 Å². The summed E-state index contributed by atoms with van der Waals surface area (Å²) in [6, 6.07) is 15.4. The largest absolute Gasteiger partial charge is 0.461 e. The molecular formula is C25H31BrN2O5S. The molecule has 2 aromatic carbocycles. The Morgan fingerprint density at radius 2 is 1.65 bits per heavy atom. The van der Waals surface area contributed by atoms with Gasteiger partial charge in [-0.1, -0.05) is 47.5 Å². The standard InChI is InChI=1S/C25H31BrN2O5S/c1-4-7-13-22(27-23(29)18-34(31,32)21-16-14-19(26)15-17-21)24(25(30)33-6-3)28(5-2)20-11-9-8-10-12-20/h8-12,14-17H,4-7,13,18H2,1-3H3,(H,27,29)/b24-22+. The van der Waals surface area contributed by atoms with Crippen molar-refractivity contribution in [2.45, 2.75) is 44.9 Å². The van der Waals surface area contributed by atoms with Crippen LogP contribution in [0.3, 0.4) is 0 Å². The lowest BCUT2D eigenvalue weighted by atomic mass is 10.1. The Kier molecular flexibility index (Phi) is 10.8. The number of para-hydroxylation sites is 1. The first-order valence-electron chi connectivity index (χ1n) is 11.2. The molecule has 2 aromatic rings. The maximum absolute atomic E-state index is 13.0. The van der Waals surface area contributed by atoms with Crippen LogP contribution in [0.15, 0.2) is 75.4 Å². The van der Waals surface area contributed by atoms with Crippen molar-refractivity contribution in [3.63, 3.8) is 0 Å². The van der Waals surface area contributed by atoms with E-state index in [1.807, 2.05) is 44.2 Å². The van der Waals surface area contributed by atoms with Gasteiger partial charge in [-0.2, -0.15) is 0 Å². The van der Waals surface area contributed by atoms with Crippen LogP contribution in [0.1, 0.15) is 40.0 Å². The molecule has 0 saturated carbocycles. The Morgan fingerprint density at radius 1 is 1.00 bits per heavy atom. The molecule has 1 N–H and O–H groups in total. The Labute approximate surface area is 210 Å². The van der Waals surface area contributed by atoms with Gasteiger partial charge in [0.1, 0.15) is 11.4 Å². The Balaban J connectivity index is 2.45. The molecule has 0 aliphatic carbocycles. The number of hydrogen-bond acceptors (Lipinski definition) is 6. The summed E-state index contributed by atoms with van der Waals surface area (Å²) in [6.45, 7) is 6.21. The van der Waals surface area contributed by atoms with Crippen LogP contribution in [-0.2, 0) is 24.2 Å². The number of halogens is 1. The highest BCUT2D eigenvalue weighted by Gasteiger charge is 2.27. The lowest BCUT2D eigenvalue weighted by Gasteiger charge is -2.28. The SMILES string of the molecule is CCCC/C(NC(=O)CS(=O)(=O)c1ccc(Br)cc1)=C(/C(=O)OCC)N(CC)c1ccccc1. The summed E-state index contributed by atoms with van der Waals surface area (Å²) in [5.41, 5.74) is 1.32. The Morgan fingerprint density at radius 3 is 2.21 bits per heavy atom. The zero-order valence-electron chi connectivity index (χ0n) is 19.7. The van der Waals surface area contributed by atoms with Gasteiger partial charge in [-0.05, 0) is 63.1 Å². The minimum absolute atomic E-state index is 0.0509. The number of hydrogen-bond donors (Lipinski definition) is 1. The molecule has 0 spiro atoms. The van der Waals surface area contributed by atoms with Crippen LogP contribution in [0.4, 0.5) is 5.69 Å². The first-order valence-corrected chi connectivity index (χ1v) is 13.7. The summed E-state index contributed by atoms with van der Waals surface area (Å²) in [5.74, 6) is -2.02. The molecule has 34 heavy (non-hydrogen) atoms. The molecule has 0 aliphatic rings. The van der Waals surface area contributed by atoms with Gasteiger partial charge < -0.3 is 15.0 Å². The second kappa shape index (κ2) is 13.3. The lowest BCUT2D eigenvalue weighted by molar-refractivity contribution is -0.138. The predicted octanol–water partition coefficient (Wildman–Crippen LogP) is 4.83. The zero-order chi connectivity index (χ0) is 25.1. The van der Waals surface area contributed by atoms with Crippen LogP contribution < -0.4 is 10.2 Å². The number of sulfone groups is 1. The third kappa shape index (κ3) is 7.70. The summed E-state index contributed by atoms with van der Waals surface area (Å²) < 4.78 is 31.6. The molecule has 0 heterocycles. The minimum atomic E-state index is -3.86. The van der Waals surface area contributed by atoms with Crippen molar-refractivity contribution in [2.75, 3.05) is 23.8 Å². The van der Waals surface area contributed by atoms with Gasteiger partial charge in [0.25, 0.3) is 0 Å². The van der Waals surface area contributed by atoms with E-state index in [2.05, 4.69) is 21.2 Å². The van der Waals surface area contributed by atoms with Gasteiger partial charge in [-0.25, -0.2) is 13.2 Å². The normalized spacial score (nSPS) is 12.0. The average molecular weight is 552 g/mol. The summed E-state index contributed by atoms with van der Waals surface area (Å²) >= 11 is 3.27. The highest BCUT2D eigenvalue weighted by molar-refractivity contribution is 9.10. The average Bonchev–Trinajstić information content (AvgIpc) is 2.81. The fourth-order valence-corrected chi connectivity index (χ4v) is 4.77. The van der Waals surface area contributed by atoms with Crippen molar-refractivity contribution >= 4 is 43.3 Å². The van der Waals surface area contributed by atoms with Crippen LogP contribution in [0, 0.1) is 0 Å². The molecule has 7 nitrogen and oxygen atoms in total. The van der Waals surface area contributed by atoms with E-state index < -0.39 is 27.5 Å². The molecule has 0 bridgehead atoms. The van der Waals surface area contributed by atoms with E-state index in [1.54, 1.807) is 24.0 Å². The van der Waals surface area contributed by atoms with E-state index in [0.717, 1.165) is 16.6 Å². The molecule has 0 aromatic heterocycles. The fraction of sp³-hybridized carbons (Fsp3) is 0.360. The van der Waals surface area contributed by atoms with E-state index in [0.29, 0.717) is 25.1 Å². The van der Waals surface area contributed by atoms with E-state index >= 15 is 0 Å².